The first-order valence-electron chi connectivity index (χ1n) is 9.19. The largest absolute Gasteiger partial charge is 0.492 e. The zero-order valence-corrected chi connectivity index (χ0v) is 15.6. The number of rotatable bonds is 5. The fraction of sp³-hybridized carbons (Fsp3) is 0.250. The van der Waals surface area contributed by atoms with Gasteiger partial charge in [-0.15, -0.1) is 0 Å². The maximum atomic E-state index is 11.2. The minimum Gasteiger partial charge on any atom is -0.492 e. The van der Waals surface area contributed by atoms with E-state index in [1.807, 2.05) is 18.2 Å². The van der Waals surface area contributed by atoms with E-state index in [1.54, 1.807) is 13.0 Å². The van der Waals surface area contributed by atoms with Crippen molar-refractivity contribution in [2.45, 2.75) is 25.2 Å². The van der Waals surface area contributed by atoms with Crippen LogP contribution in [0.1, 0.15) is 24.1 Å². The van der Waals surface area contributed by atoms with Crippen LogP contribution in [0.4, 0.5) is 17.3 Å². The monoisotopic (exact) mass is 391 g/mol. The molecule has 0 saturated heterocycles. The van der Waals surface area contributed by atoms with E-state index in [0.717, 1.165) is 29.9 Å². The number of hydrogen-bond acceptors (Lipinski definition) is 8. The van der Waals surface area contributed by atoms with Crippen molar-refractivity contribution < 1.29 is 14.4 Å². The Kier molecular flexibility index (Phi) is 3.83. The van der Waals surface area contributed by atoms with Gasteiger partial charge in [0.25, 0.3) is 0 Å². The number of benzene rings is 1. The SMILES string of the molecule is Cc1ccc([N+](=O)[O-])c(Nc2cnc(Oc3cccc4c3C3(CC3)CO4)cn2)n1. The van der Waals surface area contributed by atoms with Crippen molar-refractivity contribution in [2.24, 2.45) is 0 Å². The van der Waals surface area contributed by atoms with Gasteiger partial charge >= 0.3 is 5.69 Å². The average Bonchev–Trinajstić information content (AvgIpc) is 3.38. The van der Waals surface area contributed by atoms with E-state index in [1.165, 1.54) is 18.5 Å². The van der Waals surface area contributed by atoms with E-state index >= 15 is 0 Å². The number of anilines is 2. The summed E-state index contributed by atoms with van der Waals surface area (Å²) in [5, 5.41) is 14.0. The van der Waals surface area contributed by atoms with Gasteiger partial charge in [0.15, 0.2) is 5.82 Å². The van der Waals surface area contributed by atoms with Gasteiger partial charge in [-0.1, -0.05) is 6.07 Å². The number of pyridine rings is 1. The predicted octanol–water partition coefficient (Wildman–Crippen LogP) is 4.05. The van der Waals surface area contributed by atoms with Crippen LogP contribution in [-0.2, 0) is 5.41 Å². The maximum absolute atomic E-state index is 11.2. The van der Waals surface area contributed by atoms with Crippen molar-refractivity contribution in [1.29, 1.82) is 0 Å². The van der Waals surface area contributed by atoms with Crippen molar-refractivity contribution in [2.75, 3.05) is 11.9 Å². The molecule has 5 rings (SSSR count). The molecule has 1 aliphatic carbocycles. The highest BCUT2D eigenvalue weighted by Gasteiger charge is 2.52. The first-order valence-corrected chi connectivity index (χ1v) is 9.19. The van der Waals surface area contributed by atoms with Gasteiger partial charge in [0, 0.05) is 22.7 Å². The normalized spacial score (nSPS) is 15.5. The minimum atomic E-state index is -0.495. The predicted molar refractivity (Wildman–Crippen MR) is 104 cm³/mol. The highest BCUT2D eigenvalue weighted by Crippen LogP contribution is 2.58. The van der Waals surface area contributed by atoms with Crippen LogP contribution < -0.4 is 14.8 Å². The van der Waals surface area contributed by atoms with Crippen molar-refractivity contribution in [3.05, 3.63) is 64.1 Å². The summed E-state index contributed by atoms with van der Waals surface area (Å²) in [5.41, 5.74) is 1.70. The first-order chi connectivity index (χ1) is 14.0. The lowest BCUT2D eigenvalue weighted by atomic mass is 9.97. The number of nitrogens with zero attached hydrogens (tertiary/aromatic N) is 4. The molecule has 9 heteroatoms. The number of nitrogens with one attached hydrogen (secondary N) is 1. The van der Waals surface area contributed by atoms with Crippen molar-refractivity contribution in [3.8, 4) is 17.4 Å². The van der Waals surface area contributed by atoms with Crippen LogP contribution in [0, 0.1) is 17.0 Å². The van der Waals surface area contributed by atoms with E-state index in [-0.39, 0.29) is 16.9 Å². The molecule has 0 radical (unpaired) electrons. The van der Waals surface area contributed by atoms with Gasteiger partial charge in [-0.3, -0.25) is 10.1 Å². The Morgan fingerprint density at radius 2 is 2.07 bits per heavy atom. The molecule has 2 aromatic heterocycles. The molecule has 0 atom stereocenters. The van der Waals surface area contributed by atoms with Crippen molar-refractivity contribution in [3.63, 3.8) is 0 Å². The smallest absolute Gasteiger partial charge is 0.311 e. The second kappa shape index (κ2) is 6.40. The second-order valence-corrected chi connectivity index (χ2v) is 7.24. The topological polar surface area (TPSA) is 112 Å². The molecular weight excluding hydrogens is 374 g/mol. The molecule has 0 unspecified atom stereocenters. The number of ether oxygens (including phenoxy) is 2. The average molecular weight is 391 g/mol. The van der Waals surface area contributed by atoms with Crippen LogP contribution in [0.5, 0.6) is 17.4 Å². The Balaban J connectivity index is 1.37. The summed E-state index contributed by atoms with van der Waals surface area (Å²) in [7, 11) is 0. The molecule has 1 aliphatic heterocycles. The minimum absolute atomic E-state index is 0.0800. The lowest BCUT2D eigenvalue weighted by Gasteiger charge is -2.12. The zero-order chi connectivity index (χ0) is 20.0. The van der Waals surface area contributed by atoms with Gasteiger partial charge in [0.2, 0.25) is 11.7 Å². The molecule has 3 aromatic rings. The summed E-state index contributed by atoms with van der Waals surface area (Å²) in [5.74, 6) is 2.37. The van der Waals surface area contributed by atoms with Gasteiger partial charge in [0.1, 0.15) is 11.5 Å². The molecule has 0 amide bonds. The van der Waals surface area contributed by atoms with Gasteiger partial charge in [-0.25, -0.2) is 15.0 Å². The highest BCUT2D eigenvalue weighted by atomic mass is 16.6. The quantitative estimate of drug-likeness (QED) is 0.512. The molecule has 1 spiro atoms. The summed E-state index contributed by atoms with van der Waals surface area (Å²) in [6.45, 7) is 2.45. The molecule has 146 valence electrons. The van der Waals surface area contributed by atoms with Crippen LogP contribution in [0.3, 0.4) is 0 Å². The van der Waals surface area contributed by atoms with Gasteiger partial charge < -0.3 is 14.8 Å². The molecule has 1 aromatic carbocycles. The Labute approximate surface area is 165 Å². The molecule has 29 heavy (non-hydrogen) atoms. The third-order valence-electron chi connectivity index (χ3n) is 5.17. The van der Waals surface area contributed by atoms with Gasteiger partial charge in [-0.2, -0.15) is 0 Å². The van der Waals surface area contributed by atoms with E-state index in [4.69, 9.17) is 9.47 Å². The Morgan fingerprint density at radius 3 is 2.79 bits per heavy atom. The third kappa shape index (κ3) is 3.10. The highest BCUT2D eigenvalue weighted by molar-refractivity contribution is 5.63. The second-order valence-electron chi connectivity index (χ2n) is 7.24. The molecule has 9 nitrogen and oxygen atoms in total. The van der Waals surface area contributed by atoms with Crippen molar-refractivity contribution in [1.82, 2.24) is 15.0 Å². The molecule has 1 fully saturated rings. The van der Waals surface area contributed by atoms with Gasteiger partial charge in [0.05, 0.1) is 23.9 Å². The lowest BCUT2D eigenvalue weighted by molar-refractivity contribution is -0.384. The Bertz CT molecular complexity index is 1110. The number of nitro groups is 1. The van der Waals surface area contributed by atoms with Crippen molar-refractivity contribution >= 4 is 17.3 Å². The van der Waals surface area contributed by atoms with E-state index in [2.05, 4.69) is 20.3 Å². The standard InChI is InChI=1S/C20H17N5O4/c1-12-5-6-13(25(26)27)19(23-12)24-16-9-22-17(10-21-16)29-15-4-2-3-14-18(15)20(7-8-20)11-28-14/h2-6,9-10H,7-8,11H2,1H3,(H,21,23,24). The van der Waals surface area contributed by atoms with Crippen LogP contribution in [0.2, 0.25) is 0 Å². The van der Waals surface area contributed by atoms with E-state index in [9.17, 15) is 10.1 Å². The van der Waals surface area contributed by atoms with Crippen LogP contribution in [0.15, 0.2) is 42.7 Å². The van der Waals surface area contributed by atoms with Gasteiger partial charge in [-0.05, 0) is 38.0 Å². The Hall–Kier alpha value is -3.75. The molecular formula is C20H17N5O4. The molecule has 2 aliphatic rings. The third-order valence-corrected chi connectivity index (χ3v) is 5.17. The number of hydrogen-bond donors (Lipinski definition) is 1. The number of fused-ring (bicyclic) bond motifs is 2. The van der Waals surface area contributed by atoms with Crippen LogP contribution in [-0.4, -0.2) is 26.5 Å². The van der Waals surface area contributed by atoms with E-state index < -0.39 is 4.92 Å². The summed E-state index contributed by atoms with van der Waals surface area (Å²) in [4.78, 5) is 23.4. The number of aromatic nitrogens is 3. The lowest BCUT2D eigenvalue weighted by Crippen LogP contribution is -2.08. The summed E-state index contributed by atoms with van der Waals surface area (Å²) < 4.78 is 11.8. The fourth-order valence-corrected chi connectivity index (χ4v) is 3.53. The Morgan fingerprint density at radius 1 is 1.21 bits per heavy atom. The van der Waals surface area contributed by atoms with E-state index in [0.29, 0.717) is 24.0 Å². The van der Waals surface area contributed by atoms with Crippen LogP contribution in [0.25, 0.3) is 0 Å². The summed E-state index contributed by atoms with van der Waals surface area (Å²) in [6.07, 6.45) is 5.11. The first kappa shape index (κ1) is 17.4. The molecule has 0 bridgehead atoms. The summed E-state index contributed by atoms with van der Waals surface area (Å²) in [6, 6.07) is 8.74. The summed E-state index contributed by atoms with van der Waals surface area (Å²) >= 11 is 0. The molecule has 1 N–H and O–H groups in total. The van der Waals surface area contributed by atoms with Crippen LogP contribution >= 0.6 is 0 Å². The molecule has 1 saturated carbocycles. The fourth-order valence-electron chi connectivity index (χ4n) is 3.53. The molecule has 3 heterocycles. The number of aryl methyl sites for hydroxylation is 1. The zero-order valence-electron chi connectivity index (χ0n) is 15.6. The maximum Gasteiger partial charge on any atom is 0.311 e.